The Morgan fingerprint density at radius 2 is 1.84 bits per heavy atom. The number of rotatable bonds is 4. The maximum atomic E-state index is 12.2. The van der Waals surface area contributed by atoms with Crippen LogP contribution in [-0.2, 0) is 17.3 Å². The van der Waals surface area contributed by atoms with Crippen molar-refractivity contribution in [1.29, 1.82) is 0 Å². The first kappa shape index (κ1) is 18.0. The van der Waals surface area contributed by atoms with Gasteiger partial charge in [-0.1, -0.05) is 0 Å². The minimum atomic E-state index is -3.34. The molecule has 0 aliphatic carbocycles. The lowest BCUT2D eigenvalue weighted by atomic mass is 9.95. The van der Waals surface area contributed by atoms with Crippen molar-refractivity contribution in [3.8, 4) is 11.4 Å². The van der Waals surface area contributed by atoms with Gasteiger partial charge >= 0.3 is 0 Å². The molecule has 0 atom stereocenters. The molecule has 0 amide bonds. The van der Waals surface area contributed by atoms with E-state index in [9.17, 15) is 8.42 Å². The van der Waals surface area contributed by atoms with E-state index in [-0.39, 0.29) is 5.92 Å². The lowest BCUT2D eigenvalue weighted by Gasteiger charge is -2.32. The second-order valence-corrected chi connectivity index (χ2v) is 8.68. The summed E-state index contributed by atoms with van der Waals surface area (Å²) in [5.74, 6) is 1.14. The van der Waals surface area contributed by atoms with Crippen molar-refractivity contribution in [2.24, 2.45) is 7.05 Å². The van der Waals surface area contributed by atoms with Crippen LogP contribution in [0.25, 0.3) is 11.4 Å². The third-order valence-electron chi connectivity index (χ3n) is 4.80. The van der Waals surface area contributed by atoms with Crippen molar-refractivity contribution in [3.63, 3.8) is 0 Å². The highest BCUT2D eigenvalue weighted by Crippen LogP contribution is 2.29. The van der Waals surface area contributed by atoms with E-state index in [1.807, 2.05) is 18.5 Å². The Kier molecular flexibility index (Phi) is 4.90. The zero-order valence-electron chi connectivity index (χ0n) is 15.0. The fraction of sp³-hybridized carbons (Fsp3) is 0.562. The number of hydrogen-bond acceptors (Lipinski definition) is 5. The minimum absolute atomic E-state index is 0.218. The van der Waals surface area contributed by atoms with Gasteiger partial charge in [0.15, 0.2) is 0 Å². The number of aryl methyl sites for hydroxylation is 1. The van der Waals surface area contributed by atoms with Gasteiger partial charge in [0.05, 0.1) is 23.8 Å². The van der Waals surface area contributed by atoms with Crippen LogP contribution < -0.4 is 0 Å². The normalized spacial score (nSPS) is 17.3. The molecule has 9 heteroatoms. The van der Waals surface area contributed by atoms with Crippen LogP contribution in [0.3, 0.4) is 0 Å². The highest BCUT2D eigenvalue weighted by Gasteiger charge is 2.30. The summed E-state index contributed by atoms with van der Waals surface area (Å²) in [7, 11) is 1.74. The molecule has 0 N–H and O–H groups in total. The summed E-state index contributed by atoms with van der Waals surface area (Å²) in [4.78, 5) is 13.4. The summed E-state index contributed by atoms with van der Waals surface area (Å²) in [6.07, 6.45) is 6.82. The molecule has 2 aromatic heterocycles. The van der Waals surface area contributed by atoms with E-state index in [0.717, 1.165) is 35.7 Å². The van der Waals surface area contributed by atoms with Gasteiger partial charge in [-0.3, -0.25) is 4.98 Å². The van der Waals surface area contributed by atoms with Gasteiger partial charge in [-0.2, -0.15) is 17.0 Å². The summed E-state index contributed by atoms with van der Waals surface area (Å²) in [5.41, 5.74) is 2.64. The second kappa shape index (κ2) is 6.81. The van der Waals surface area contributed by atoms with Crippen LogP contribution >= 0.6 is 0 Å². The largest absolute Gasteiger partial charge is 0.330 e. The van der Waals surface area contributed by atoms with E-state index in [1.165, 1.54) is 8.61 Å². The van der Waals surface area contributed by atoms with Crippen LogP contribution in [0.5, 0.6) is 0 Å². The van der Waals surface area contributed by atoms with Crippen LogP contribution in [-0.4, -0.2) is 63.7 Å². The minimum Gasteiger partial charge on any atom is -0.330 e. The summed E-state index contributed by atoms with van der Waals surface area (Å²) >= 11 is 0. The molecule has 0 radical (unpaired) electrons. The molecule has 8 nitrogen and oxygen atoms in total. The van der Waals surface area contributed by atoms with E-state index in [1.54, 1.807) is 32.7 Å². The first-order chi connectivity index (χ1) is 11.8. The molecule has 1 aliphatic heterocycles. The summed E-state index contributed by atoms with van der Waals surface area (Å²) in [6, 6.07) is 0. The van der Waals surface area contributed by atoms with Crippen molar-refractivity contribution in [2.75, 3.05) is 27.2 Å². The van der Waals surface area contributed by atoms with Crippen molar-refractivity contribution >= 4 is 10.2 Å². The SMILES string of the molecule is Cc1ncc(-c2cncc(C3CCN(S(=O)(=O)N(C)C)CC3)n2)n1C. The lowest BCUT2D eigenvalue weighted by molar-refractivity contribution is 0.300. The molecule has 136 valence electrons. The average molecular weight is 364 g/mol. The third-order valence-corrected chi connectivity index (χ3v) is 6.74. The average Bonchev–Trinajstić information content (AvgIpc) is 2.94. The standard InChI is InChI=1S/C16H24N6O2S/c1-12-18-11-16(21(12)4)15-10-17-9-14(19-15)13-5-7-22(8-6-13)25(23,24)20(2)3/h9-11,13H,5-8H2,1-4H3. The molecule has 3 rings (SSSR count). The van der Waals surface area contributed by atoms with Crippen molar-refractivity contribution in [3.05, 3.63) is 30.1 Å². The maximum Gasteiger partial charge on any atom is 0.281 e. The van der Waals surface area contributed by atoms with Gasteiger partial charge < -0.3 is 4.57 Å². The van der Waals surface area contributed by atoms with E-state index in [2.05, 4.69) is 9.97 Å². The smallest absolute Gasteiger partial charge is 0.281 e. The van der Waals surface area contributed by atoms with Gasteiger partial charge in [0.25, 0.3) is 10.2 Å². The van der Waals surface area contributed by atoms with E-state index in [0.29, 0.717) is 13.1 Å². The Morgan fingerprint density at radius 1 is 1.16 bits per heavy atom. The number of piperidine rings is 1. The Bertz CT molecular complexity index is 853. The Morgan fingerprint density at radius 3 is 2.40 bits per heavy atom. The molecule has 0 spiro atoms. The molecule has 1 aliphatic rings. The van der Waals surface area contributed by atoms with Gasteiger partial charge in [0.2, 0.25) is 0 Å². The monoisotopic (exact) mass is 364 g/mol. The van der Waals surface area contributed by atoms with Gasteiger partial charge in [-0.05, 0) is 19.8 Å². The Balaban J connectivity index is 1.77. The fourth-order valence-corrected chi connectivity index (χ4v) is 4.19. The van der Waals surface area contributed by atoms with Gasteiger partial charge in [-0.25, -0.2) is 9.97 Å². The number of aromatic nitrogens is 4. The Labute approximate surface area is 148 Å². The van der Waals surface area contributed by atoms with Crippen LogP contribution in [0, 0.1) is 6.92 Å². The van der Waals surface area contributed by atoms with Crippen LogP contribution in [0.2, 0.25) is 0 Å². The van der Waals surface area contributed by atoms with Crippen molar-refractivity contribution < 1.29 is 8.42 Å². The molecule has 2 aromatic rings. The second-order valence-electron chi connectivity index (χ2n) is 6.54. The summed E-state index contributed by atoms with van der Waals surface area (Å²) in [5, 5.41) is 0. The molecule has 0 saturated carbocycles. The molecule has 1 saturated heterocycles. The predicted molar refractivity (Wildman–Crippen MR) is 95.1 cm³/mol. The van der Waals surface area contributed by atoms with Crippen molar-refractivity contribution in [2.45, 2.75) is 25.7 Å². The van der Waals surface area contributed by atoms with Gasteiger partial charge in [0, 0.05) is 46.3 Å². The van der Waals surface area contributed by atoms with E-state index >= 15 is 0 Å². The van der Waals surface area contributed by atoms with Crippen LogP contribution in [0.4, 0.5) is 0 Å². The molecule has 0 unspecified atom stereocenters. The van der Waals surface area contributed by atoms with Gasteiger partial charge in [0.1, 0.15) is 11.5 Å². The topological polar surface area (TPSA) is 84.2 Å². The molecule has 0 aromatic carbocycles. The summed E-state index contributed by atoms with van der Waals surface area (Å²) in [6.45, 7) is 2.95. The Hall–Kier alpha value is -1.84. The third kappa shape index (κ3) is 3.44. The predicted octanol–water partition coefficient (Wildman–Crippen LogP) is 1.17. The van der Waals surface area contributed by atoms with E-state index < -0.39 is 10.2 Å². The zero-order valence-corrected chi connectivity index (χ0v) is 15.9. The molecule has 1 fully saturated rings. The highest BCUT2D eigenvalue weighted by atomic mass is 32.2. The number of nitrogens with zero attached hydrogens (tertiary/aromatic N) is 6. The van der Waals surface area contributed by atoms with Crippen LogP contribution in [0.15, 0.2) is 18.6 Å². The quantitative estimate of drug-likeness (QED) is 0.813. The highest BCUT2D eigenvalue weighted by molar-refractivity contribution is 7.86. The molecule has 3 heterocycles. The number of imidazole rings is 1. The molecule has 0 bridgehead atoms. The summed E-state index contributed by atoms with van der Waals surface area (Å²) < 4.78 is 29.2. The lowest BCUT2D eigenvalue weighted by Crippen LogP contribution is -2.44. The molecular formula is C16H24N6O2S. The maximum absolute atomic E-state index is 12.2. The van der Waals surface area contributed by atoms with Gasteiger partial charge in [-0.15, -0.1) is 0 Å². The number of hydrogen-bond donors (Lipinski definition) is 0. The molecule has 25 heavy (non-hydrogen) atoms. The van der Waals surface area contributed by atoms with Crippen molar-refractivity contribution in [1.82, 2.24) is 28.1 Å². The first-order valence-corrected chi connectivity index (χ1v) is 9.68. The first-order valence-electron chi connectivity index (χ1n) is 8.29. The van der Waals surface area contributed by atoms with Crippen LogP contribution in [0.1, 0.15) is 30.3 Å². The zero-order chi connectivity index (χ0) is 18.2. The molecular weight excluding hydrogens is 340 g/mol. The van der Waals surface area contributed by atoms with E-state index in [4.69, 9.17) is 4.98 Å². The fourth-order valence-electron chi connectivity index (χ4n) is 3.05.